The normalized spacial score (nSPS) is 9.81. The minimum Gasteiger partial charge on any atom is -0.0656 e. The summed E-state index contributed by atoms with van der Waals surface area (Å²) in [6.45, 7) is 10.8. The molecule has 0 saturated heterocycles. The molecule has 2 aromatic rings. The zero-order valence-electron chi connectivity index (χ0n) is 11.1. The first-order valence-corrected chi connectivity index (χ1v) is 6.06. The van der Waals surface area contributed by atoms with Crippen molar-refractivity contribution in [2.45, 2.75) is 41.0 Å². The van der Waals surface area contributed by atoms with E-state index in [1.54, 1.807) is 0 Å². The molecule has 0 spiro atoms. The molecule has 0 aliphatic heterocycles. The highest BCUT2D eigenvalue weighted by Crippen LogP contribution is 2.23. The van der Waals surface area contributed by atoms with Crippen molar-refractivity contribution in [2.24, 2.45) is 0 Å². The van der Waals surface area contributed by atoms with E-state index in [9.17, 15) is 0 Å². The van der Waals surface area contributed by atoms with Crippen LogP contribution in [0.1, 0.15) is 37.0 Å². The summed E-state index contributed by atoms with van der Waals surface area (Å²) in [6.07, 6.45) is 1.25. The molecule has 0 aliphatic carbocycles. The maximum Gasteiger partial charge on any atom is -0.0125 e. The Hall–Kier alpha value is -1.30. The third-order valence-corrected chi connectivity index (χ3v) is 2.53. The standard InChI is InChI=1S/C13H14.C3H8/c1-9-7-11(3)13-10(2)5-4-6-12(13)8-9;1-3-2/h4-8H,1-3H3;3H2,1-2H3. The lowest BCUT2D eigenvalue weighted by molar-refractivity contribution is 1.09. The van der Waals surface area contributed by atoms with Crippen LogP contribution in [-0.2, 0) is 0 Å². The summed E-state index contributed by atoms with van der Waals surface area (Å²) >= 11 is 0. The van der Waals surface area contributed by atoms with Crippen molar-refractivity contribution < 1.29 is 0 Å². The van der Waals surface area contributed by atoms with E-state index < -0.39 is 0 Å². The molecule has 0 atom stereocenters. The van der Waals surface area contributed by atoms with E-state index in [1.165, 1.54) is 33.9 Å². The number of aryl methyl sites for hydroxylation is 3. The summed E-state index contributed by atoms with van der Waals surface area (Å²) < 4.78 is 0. The zero-order valence-corrected chi connectivity index (χ0v) is 11.1. The lowest BCUT2D eigenvalue weighted by Crippen LogP contribution is -1.84. The summed E-state index contributed by atoms with van der Waals surface area (Å²) in [4.78, 5) is 0. The van der Waals surface area contributed by atoms with Gasteiger partial charge in [0.05, 0.1) is 0 Å². The number of rotatable bonds is 0. The highest BCUT2D eigenvalue weighted by atomic mass is 14.0. The Morgan fingerprint density at radius 1 is 0.875 bits per heavy atom. The van der Waals surface area contributed by atoms with Gasteiger partial charge in [-0.1, -0.05) is 56.2 Å². The van der Waals surface area contributed by atoms with Crippen LogP contribution in [0, 0.1) is 20.8 Å². The molecule has 86 valence electrons. The molecule has 0 aromatic heterocycles. The van der Waals surface area contributed by atoms with E-state index in [0.717, 1.165) is 0 Å². The Labute approximate surface area is 99.3 Å². The van der Waals surface area contributed by atoms with E-state index in [1.807, 2.05) is 0 Å². The first-order valence-electron chi connectivity index (χ1n) is 6.06. The molecular formula is C16H22. The molecule has 2 aromatic carbocycles. The molecule has 0 amide bonds. The van der Waals surface area contributed by atoms with Gasteiger partial charge in [0.15, 0.2) is 0 Å². The predicted molar refractivity (Wildman–Crippen MR) is 74.1 cm³/mol. The molecule has 0 heteroatoms. The van der Waals surface area contributed by atoms with E-state index >= 15 is 0 Å². The Kier molecular flexibility index (Phi) is 4.54. The van der Waals surface area contributed by atoms with Crippen molar-refractivity contribution in [3.63, 3.8) is 0 Å². The van der Waals surface area contributed by atoms with Crippen LogP contribution in [0.25, 0.3) is 10.8 Å². The minimum atomic E-state index is 1.25. The van der Waals surface area contributed by atoms with Crippen LogP contribution in [0.2, 0.25) is 0 Å². The smallest absolute Gasteiger partial charge is 0.0125 e. The summed E-state index contributed by atoms with van der Waals surface area (Å²) in [5.74, 6) is 0. The van der Waals surface area contributed by atoms with Gasteiger partial charge in [0, 0.05) is 0 Å². The lowest BCUT2D eigenvalue weighted by atomic mass is 9.99. The second-order valence-corrected chi connectivity index (χ2v) is 4.46. The minimum absolute atomic E-state index is 1.25. The second-order valence-electron chi connectivity index (χ2n) is 4.46. The fourth-order valence-corrected chi connectivity index (χ4v) is 2.05. The number of benzene rings is 2. The summed E-state index contributed by atoms with van der Waals surface area (Å²) in [7, 11) is 0. The van der Waals surface area contributed by atoms with Gasteiger partial charge in [-0.05, 0) is 42.7 Å². The first-order chi connectivity index (χ1) is 7.60. The van der Waals surface area contributed by atoms with Gasteiger partial charge in [-0.15, -0.1) is 0 Å². The van der Waals surface area contributed by atoms with Crippen molar-refractivity contribution in [1.82, 2.24) is 0 Å². The third kappa shape index (κ3) is 2.85. The topological polar surface area (TPSA) is 0 Å². The Balaban J connectivity index is 0.000000386. The average molecular weight is 214 g/mol. The average Bonchev–Trinajstić information content (AvgIpc) is 2.17. The highest BCUT2D eigenvalue weighted by molar-refractivity contribution is 5.89. The molecular weight excluding hydrogens is 192 g/mol. The number of hydrogen-bond acceptors (Lipinski definition) is 0. The number of fused-ring (bicyclic) bond motifs is 1. The van der Waals surface area contributed by atoms with Crippen LogP contribution < -0.4 is 0 Å². The third-order valence-electron chi connectivity index (χ3n) is 2.53. The van der Waals surface area contributed by atoms with Crippen LogP contribution in [0.3, 0.4) is 0 Å². The van der Waals surface area contributed by atoms with E-state index in [4.69, 9.17) is 0 Å². The molecule has 0 fully saturated rings. The zero-order chi connectivity index (χ0) is 12.1. The van der Waals surface area contributed by atoms with Gasteiger partial charge >= 0.3 is 0 Å². The fourth-order valence-electron chi connectivity index (χ4n) is 2.05. The summed E-state index contributed by atoms with van der Waals surface area (Å²) in [5, 5.41) is 2.77. The molecule has 16 heavy (non-hydrogen) atoms. The quantitative estimate of drug-likeness (QED) is 0.566. The van der Waals surface area contributed by atoms with Gasteiger partial charge in [0.2, 0.25) is 0 Å². The fraction of sp³-hybridized carbons (Fsp3) is 0.375. The van der Waals surface area contributed by atoms with Gasteiger partial charge in [-0.2, -0.15) is 0 Å². The van der Waals surface area contributed by atoms with Crippen molar-refractivity contribution in [1.29, 1.82) is 0 Å². The van der Waals surface area contributed by atoms with Gasteiger partial charge in [-0.3, -0.25) is 0 Å². The first kappa shape index (κ1) is 12.8. The maximum atomic E-state index is 2.25. The van der Waals surface area contributed by atoms with Crippen LogP contribution in [0.4, 0.5) is 0 Å². The molecule has 0 heterocycles. The summed E-state index contributed by atoms with van der Waals surface area (Å²) in [6, 6.07) is 11.0. The van der Waals surface area contributed by atoms with Crippen LogP contribution >= 0.6 is 0 Å². The SMILES string of the molecule is CCC.Cc1cc(C)c2c(C)cccc2c1. The predicted octanol–water partition coefficient (Wildman–Crippen LogP) is 5.18. The van der Waals surface area contributed by atoms with Crippen LogP contribution in [0.15, 0.2) is 30.3 Å². The van der Waals surface area contributed by atoms with E-state index in [-0.39, 0.29) is 0 Å². The van der Waals surface area contributed by atoms with Crippen molar-refractivity contribution in [3.05, 3.63) is 47.0 Å². The largest absolute Gasteiger partial charge is 0.0656 e. The molecule has 0 radical (unpaired) electrons. The van der Waals surface area contributed by atoms with E-state index in [0.29, 0.717) is 0 Å². The Morgan fingerprint density at radius 3 is 2.12 bits per heavy atom. The molecule has 0 aliphatic rings. The van der Waals surface area contributed by atoms with Crippen molar-refractivity contribution in [3.8, 4) is 0 Å². The lowest BCUT2D eigenvalue weighted by Gasteiger charge is -2.06. The van der Waals surface area contributed by atoms with Gasteiger partial charge < -0.3 is 0 Å². The van der Waals surface area contributed by atoms with E-state index in [2.05, 4.69) is 65.0 Å². The number of hydrogen-bond donors (Lipinski definition) is 0. The Bertz CT molecular complexity index is 467. The monoisotopic (exact) mass is 214 g/mol. The summed E-state index contributed by atoms with van der Waals surface area (Å²) in [5.41, 5.74) is 4.10. The van der Waals surface area contributed by atoms with Crippen LogP contribution in [-0.4, -0.2) is 0 Å². The van der Waals surface area contributed by atoms with Crippen LogP contribution in [0.5, 0.6) is 0 Å². The molecule has 0 bridgehead atoms. The molecule has 0 N–H and O–H groups in total. The molecule has 2 rings (SSSR count). The highest BCUT2D eigenvalue weighted by Gasteiger charge is 2.00. The van der Waals surface area contributed by atoms with Crippen molar-refractivity contribution in [2.75, 3.05) is 0 Å². The van der Waals surface area contributed by atoms with Crippen molar-refractivity contribution >= 4 is 10.8 Å². The second kappa shape index (κ2) is 5.69. The van der Waals surface area contributed by atoms with Gasteiger partial charge in [-0.25, -0.2) is 0 Å². The molecule has 0 saturated carbocycles. The molecule has 0 nitrogen and oxygen atoms in total. The molecule has 0 unspecified atom stereocenters. The maximum absolute atomic E-state index is 2.25. The van der Waals surface area contributed by atoms with Gasteiger partial charge in [0.25, 0.3) is 0 Å². The Morgan fingerprint density at radius 2 is 1.50 bits per heavy atom. The van der Waals surface area contributed by atoms with Gasteiger partial charge in [0.1, 0.15) is 0 Å².